The van der Waals surface area contributed by atoms with E-state index in [1.54, 1.807) is 31.2 Å². The smallest absolute Gasteiger partial charge is 0.308 e. The Labute approximate surface area is 240 Å². The van der Waals surface area contributed by atoms with E-state index in [1.807, 2.05) is 13.0 Å². The van der Waals surface area contributed by atoms with Crippen LogP contribution in [-0.4, -0.2) is 53.7 Å². The number of Topliss-reactive ketones (excluding diaryl/α,β-unsaturated/α-hetero) is 1. The highest BCUT2D eigenvalue weighted by molar-refractivity contribution is 6.03. The van der Waals surface area contributed by atoms with Crippen molar-refractivity contribution in [1.29, 1.82) is 0 Å². The van der Waals surface area contributed by atoms with Crippen molar-refractivity contribution in [2.75, 3.05) is 6.61 Å². The molecule has 1 saturated heterocycles. The van der Waals surface area contributed by atoms with Gasteiger partial charge in [-0.1, -0.05) is 26.8 Å². The minimum Gasteiger partial charge on any atom is -0.490 e. The van der Waals surface area contributed by atoms with Crippen molar-refractivity contribution < 1.29 is 42.9 Å². The molecule has 0 radical (unpaired) electrons. The zero-order valence-electron chi connectivity index (χ0n) is 24.9. The number of ketones is 1. The van der Waals surface area contributed by atoms with E-state index < -0.39 is 47.2 Å². The Morgan fingerprint density at radius 1 is 0.976 bits per heavy atom. The molecule has 8 atom stereocenters. The molecule has 1 aromatic carbocycles. The first-order valence-corrected chi connectivity index (χ1v) is 14.4. The van der Waals surface area contributed by atoms with Gasteiger partial charge < -0.3 is 23.7 Å². The summed E-state index contributed by atoms with van der Waals surface area (Å²) >= 11 is 0. The van der Waals surface area contributed by atoms with Crippen LogP contribution in [0.5, 0.6) is 11.5 Å². The first-order valence-electron chi connectivity index (χ1n) is 14.4. The Kier molecular flexibility index (Phi) is 7.33. The summed E-state index contributed by atoms with van der Waals surface area (Å²) in [6, 6.07) is 6.59. The second kappa shape index (κ2) is 10.3. The number of hydrogen-bond acceptors (Lipinski definition) is 9. The number of hydrogen-bond donors (Lipinski definition) is 0. The first-order chi connectivity index (χ1) is 19.2. The zero-order chi connectivity index (χ0) is 29.9. The van der Waals surface area contributed by atoms with Gasteiger partial charge >= 0.3 is 17.9 Å². The van der Waals surface area contributed by atoms with Crippen LogP contribution < -0.4 is 9.47 Å². The molecular weight excluding hydrogens is 528 g/mol. The van der Waals surface area contributed by atoms with Crippen molar-refractivity contribution >= 4 is 23.7 Å². The van der Waals surface area contributed by atoms with Gasteiger partial charge in [-0.15, -0.1) is 0 Å². The Hall–Kier alpha value is -3.20. The predicted octanol–water partition coefficient (Wildman–Crippen LogP) is 4.60. The van der Waals surface area contributed by atoms with Crippen LogP contribution in [0, 0.1) is 29.1 Å². The molecule has 1 spiro atoms. The highest BCUT2D eigenvalue weighted by Crippen LogP contribution is 2.64. The fraction of sp³-hybridized carbons (Fsp3) is 0.625. The van der Waals surface area contributed by atoms with Gasteiger partial charge in [0.25, 0.3) is 0 Å². The van der Waals surface area contributed by atoms with E-state index in [4.69, 9.17) is 23.7 Å². The standard InChI is InChI=1S/C32H40O9/c1-17-14-25-24(30(25,6)7)12-13-31(16-37-31)29(39-20(4)34)26-27(18(2)15-32(26,28(17)36)41-21(5)35)40-23-10-8-22(9-11-23)38-19(3)33/h8-11,14,18,24-27,29H,12-13,15-16H2,1-7H3/t18-,24-,25+,26+,27-,29-,31+,32+/m0/s1. The SMILES string of the molecule is CC(=O)Oc1ccc(O[C@@H]2[C@@H]3[C@H](OC(C)=O)[C@@]4(CC[C@H]5[C@@H](C=C(C)C(=O)[C@@]3(OC(C)=O)C[C@@H]2C)C5(C)C)CO4)cc1. The van der Waals surface area contributed by atoms with E-state index in [0.29, 0.717) is 36.0 Å². The number of epoxide rings is 1. The van der Waals surface area contributed by atoms with Gasteiger partial charge in [0.1, 0.15) is 29.3 Å². The fourth-order valence-electron chi connectivity index (χ4n) is 7.50. The van der Waals surface area contributed by atoms with Crippen LogP contribution in [0.3, 0.4) is 0 Å². The molecule has 5 rings (SSSR count). The molecule has 0 bridgehead atoms. The van der Waals surface area contributed by atoms with Crippen LogP contribution in [0.4, 0.5) is 0 Å². The number of carbonyl (C=O) groups excluding carboxylic acids is 4. The number of benzene rings is 1. The third kappa shape index (κ3) is 5.29. The molecule has 0 unspecified atom stereocenters. The minimum atomic E-state index is -1.62. The summed E-state index contributed by atoms with van der Waals surface area (Å²) in [7, 11) is 0. The van der Waals surface area contributed by atoms with Crippen molar-refractivity contribution in [3.05, 3.63) is 35.9 Å². The van der Waals surface area contributed by atoms with E-state index in [1.165, 1.54) is 20.8 Å². The molecule has 0 N–H and O–H groups in total. The third-order valence-electron chi connectivity index (χ3n) is 9.60. The van der Waals surface area contributed by atoms with Crippen LogP contribution in [0.15, 0.2) is 35.9 Å². The van der Waals surface area contributed by atoms with Gasteiger partial charge in [-0.05, 0) is 72.8 Å². The van der Waals surface area contributed by atoms with Crippen molar-refractivity contribution in [2.45, 2.75) is 91.1 Å². The van der Waals surface area contributed by atoms with Crippen LogP contribution in [0.25, 0.3) is 0 Å². The Bertz CT molecular complexity index is 1270. The molecule has 0 aromatic heterocycles. The molecule has 41 heavy (non-hydrogen) atoms. The molecule has 2 saturated carbocycles. The van der Waals surface area contributed by atoms with Gasteiger partial charge in [-0.25, -0.2) is 0 Å². The van der Waals surface area contributed by atoms with Crippen molar-refractivity contribution in [3.8, 4) is 11.5 Å². The highest BCUT2D eigenvalue weighted by Gasteiger charge is 2.71. The average molecular weight is 569 g/mol. The molecule has 1 heterocycles. The van der Waals surface area contributed by atoms with Crippen LogP contribution >= 0.6 is 0 Å². The number of rotatable bonds is 5. The van der Waals surface area contributed by atoms with Crippen LogP contribution in [-0.2, 0) is 33.4 Å². The van der Waals surface area contributed by atoms with E-state index in [2.05, 4.69) is 13.8 Å². The molecule has 3 fully saturated rings. The Morgan fingerprint density at radius 3 is 2.17 bits per heavy atom. The normalized spacial score (nSPS) is 37.0. The molecule has 3 aliphatic carbocycles. The molecule has 9 nitrogen and oxygen atoms in total. The van der Waals surface area contributed by atoms with E-state index >= 15 is 0 Å². The molecule has 1 aliphatic heterocycles. The molecule has 4 aliphatic rings. The monoisotopic (exact) mass is 568 g/mol. The Morgan fingerprint density at radius 2 is 1.61 bits per heavy atom. The minimum absolute atomic E-state index is 0.0224. The average Bonchev–Trinajstić information content (AvgIpc) is 3.73. The number of esters is 3. The third-order valence-corrected chi connectivity index (χ3v) is 9.60. The molecule has 222 valence electrons. The quantitative estimate of drug-likeness (QED) is 0.285. The molecular formula is C32H40O9. The molecule has 9 heteroatoms. The summed E-state index contributed by atoms with van der Waals surface area (Å²) in [4.78, 5) is 51.1. The van der Waals surface area contributed by atoms with Gasteiger partial charge in [0.05, 0.1) is 12.5 Å². The van der Waals surface area contributed by atoms with Crippen molar-refractivity contribution in [3.63, 3.8) is 0 Å². The summed E-state index contributed by atoms with van der Waals surface area (Å²) in [5.74, 6) is -1.52. The van der Waals surface area contributed by atoms with Crippen molar-refractivity contribution in [1.82, 2.24) is 0 Å². The zero-order valence-corrected chi connectivity index (χ0v) is 24.9. The predicted molar refractivity (Wildman–Crippen MR) is 147 cm³/mol. The summed E-state index contributed by atoms with van der Waals surface area (Å²) in [6.07, 6.45) is 2.17. The van der Waals surface area contributed by atoms with Crippen LogP contribution in [0.2, 0.25) is 0 Å². The van der Waals surface area contributed by atoms with E-state index in [9.17, 15) is 19.2 Å². The van der Waals surface area contributed by atoms with Gasteiger partial charge in [0, 0.05) is 27.2 Å². The second-order valence-corrected chi connectivity index (χ2v) is 12.9. The molecule has 0 amide bonds. The first kappa shape index (κ1) is 29.3. The number of carbonyl (C=O) groups is 4. The second-order valence-electron chi connectivity index (χ2n) is 12.9. The van der Waals surface area contributed by atoms with Crippen LogP contribution in [0.1, 0.15) is 67.7 Å². The summed E-state index contributed by atoms with van der Waals surface area (Å²) in [6.45, 7) is 12.4. The van der Waals surface area contributed by atoms with Crippen molar-refractivity contribution in [2.24, 2.45) is 29.1 Å². The number of ether oxygens (including phenoxy) is 5. The van der Waals surface area contributed by atoms with Gasteiger partial charge in [-0.2, -0.15) is 0 Å². The molecule has 1 aromatic rings. The summed E-state index contributed by atoms with van der Waals surface area (Å²) in [5, 5.41) is 0. The van der Waals surface area contributed by atoms with E-state index in [0.717, 1.165) is 6.42 Å². The van der Waals surface area contributed by atoms with Gasteiger partial charge in [0.2, 0.25) is 5.78 Å². The number of allylic oxidation sites excluding steroid dienone is 1. The maximum Gasteiger partial charge on any atom is 0.308 e. The topological polar surface area (TPSA) is 118 Å². The fourth-order valence-corrected chi connectivity index (χ4v) is 7.50. The Balaban J connectivity index is 1.62. The maximum atomic E-state index is 14.5. The lowest BCUT2D eigenvalue weighted by molar-refractivity contribution is -0.185. The highest BCUT2D eigenvalue weighted by atomic mass is 16.6. The lowest BCUT2D eigenvalue weighted by Crippen LogP contribution is -2.58. The number of fused-ring (bicyclic) bond motifs is 2. The largest absolute Gasteiger partial charge is 0.490 e. The maximum absolute atomic E-state index is 14.5. The lowest BCUT2D eigenvalue weighted by atomic mass is 9.74. The summed E-state index contributed by atoms with van der Waals surface area (Å²) < 4.78 is 30.0. The van der Waals surface area contributed by atoms with E-state index in [-0.39, 0.29) is 29.5 Å². The van der Waals surface area contributed by atoms with Gasteiger partial charge in [-0.3, -0.25) is 19.2 Å². The van der Waals surface area contributed by atoms with Gasteiger partial charge in [0.15, 0.2) is 5.60 Å². The summed E-state index contributed by atoms with van der Waals surface area (Å²) in [5.41, 5.74) is -1.88. The lowest BCUT2D eigenvalue weighted by Gasteiger charge is -2.41.